The van der Waals surface area contributed by atoms with Gasteiger partial charge in [-0.05, 0) is 44.3 Å². The molecule has 0 aromatic heterocycles. The molecule has 1 heteroatoms. The largest absolute Gasteiger partial charge is 0.105 e. The van der Waals surface area contributed by atoms with E-state index in [1.54, 1.807) is 0 Å². The summed E-state index contributed by atoms with van der Waals surface area (Å²) in [4.78, 5) is 0. The van der Waals surface area contributed by atoms with Crippen LogP contribution >= 0.6 is 9.24 Å². The van der Waals surface area contributed by atoms with Crippen molar-refractivity contribution in [3.8, 4) is 0 Å². The lowest BCUT2D eigenvalue weighted by Gasteiger charge is -2.21. The highest BCUT2D eigenvalue weighted by atomic mass is 31.0. The lowest BCUT2D eigenvalue weighted by atomic mass is 9.81. The summed E-state index contributed by atoms with van der Waals surface area (Å²) in [6.07, 6.45) is 0. The first-order valence-corrected chi connectivity index (χ1v) is 10.9. The minimum atomic E-state index is 0.179. The Morgan fingerprint density at radius 3 is 1.33 bits per heavy atom. The Morgan fingerprint density at radius 1 is 0.433 bits per heavy atom. The second kappa shape index (κ2) is 8.27. The first-order chi connectivity index (χ1) is 14.8. The van der Waals surface area contributed by atoms with Crippen LogP contribution in [0.5, 0.6) is 0 Å². The van der Waals surface area contributed by atoms with Crippen LogP contribution in [0.3, 0.4) is 0 Å². The molecule has 30 heavy (non-hydrogen) atoms. The van der Waals surface area contributed by atoms with Crippen LogP contribution in [0.2, 0.25) is 0 Å². The molecule has 0 nitrogen and oxygen atoms in total. The van der Waals surface area contributed by atoms with Gasteiger partial charge in [0.2, 0.25) is 0 Å². The van der Waals surface area contributed by atoms with E-state index in [2.05, 4.69) is 131 Å². The maximum Gasteiger partial charge on any atom is 0.0364 e. The molecule has 1 aliphatic carbocycles. The predicted octanol–water partition coefficient (Wildman–Crippen LogP) is 7.68. The minimum absolute atomic E-state index is 0.179. The molecule has 0 radical (unpaired) electrons. The van der Waals surface area contributed by atoms with Gasteiger partial charge in [-0.15, -0.1) is 9.24 Å². The van der Waals surface area contributed by atoms with Crippen molar-refractivity contribution in [1.29, 1.82) is 0 Å². The van der Waals surface area contributed by atoms with Gasteiger partial charge in [0.1, 0.15) is 0 Å². The number of hydrogen-bond donors (Lipinski definition) is 0. The molecule has 0 fully saturated rings. The fraction of sp³-hybridized carbons (Fsp3) is 0.0345. The summed E-state index contributed by atoms with van der Waals surface area (Å²) >= 11 is 0. The highest BCUT2D eigenvalue weighted by Gasteiger charge is 2.35. The van der Waals surface area contributed by atoms with Crippen molar-refractivity contribution in [1.82, 2.24) is 0 Å². The van der Waals surface area contributed by atoms with Crippen molar-refractivity contribution in [3.63, 3.8) is 0 Å². The average Bonchev–Trinajstić information content (AvgIpc) is 3.14. The Morgan fingerprint density at radius 2 is 0.833 bits per heavy atom. The Kier molecular flexibility index (Phi) is 5.18. The van der Waals surface area contributed by atoms with E-state index in [4.69, 9.17) is 0 Å². The first kappa shape index (κ1) is 18.8. The predicted molar refractivity (Wildman–Crippen MR) is 132 cm³/mol. The number of allylic oxidation sites excluding steroid dienone is 4. The van der Waals surface area contributed by atoms with E-state index in [0.717, 1.165) is 0 Å². The van der Waals surface area contributed by atoms with Gasteiger partial charge in [-0.1, -0.05) is 121 Å². The molecule has 0 bridgehead atoms. The van der Waals surface area contributed by atoms with E-state index in [0.29, 0.717) is 0 Å². The molecule has 0 heterocycles. The van der Waals surface area contributed by atoms with Gasteiger partial charge in [0.05, 0.1) is 0 Å². The lowest BCUT2D eigenvalue weighted by Crippen LogP contribution is -2.03. The highest BCUT2D eigenvalue weighted by molar-refractivity contribution is 7.24. The quantitative estimate of drug-likeness (QED) is 0.307. The monoisotopic (exact) mass is 402 g/mol. The van der Waals surface area contributed by atoms with Gasteiger partial charge in [0.25, 0.3) is 0 Å². The zero-order chi connectivity index (χ0) is 20.3. The molecule has 1 aliphatic rings. The van der Waals surface area contributed by atoms with E-state index >= 15 is 0 Å². The molecular weight excluding hydrogens is 379 g/mol. The summed E-state index contributed by atoms with van der Waals surface area (Å²) in [5.41, 5.74) is 9.18. The van der Waals surface area contributed by atoms with Crippen LogP contribution < -0.4 is 0 Å². The van der Waals surface area contributed by atoms with Crippen molar-refractivity contribution in [2.45, 2.75) is 5.92 Å². The van der Waals surface area contributed by atoms with Gasteiger partial charge >= 0.3 is 0 Å². The van der Waals surface area contributed by atoms with Crippen LogP contribution in [0.25, 0.3) is 16.7 Å². The van der Waals surface area contributed by atoms with Crippen molar-refractivity contribution in [3.05, 3.63) is 149 Å². The van der Waals surface area contributed by atoms with Gasteiger partial charge in [-0.25, -0.2) is 0 Å². The molecule has 0 N–H and O–H groups in total. The molecule has 2 atom stereocenters. The third kappa shape index (κ3) is 3.34. The summed E-state index contributed by atoms with van der Waals surface area (Å²) in [6, 6.07) is 43.3. The maximum atomic E-state index is 3.07. The minimum Gasteiger partial charge on any atom is -0.105 e. The molecule has 0 amide bonds. The van der Waals surface area contributed by atoms with E-state index < -0.39 is 0 Å². The van der Waals surface area contributed by atoms with Gasteiger partial charge in [0, 0.05) is 5.92 Å². The summed E-state index contributed by atoms with van der Waals surface area (Å²) in [6.45, 7) is 0. The van der Waals surface area contributed by atoms with Crippen molar-refractivity contribution < 1.29 is 0 Å². The fourth-order valence-electron chi connectivity index (χ4n) is 4.49. The summed E-state index contributed by atoms with van der Waals surface area (Å²) < 4.78 is 0. The van der Waals surface area contributed by atoms with E-state index in [1.807, 2.05) is 0 Å². The van der Waals surface area contributed by atoms with Crippen LogP contribution in [-0.4, -0.2) is 0 Å². The summed E-state index contributed by atoms with van der Waals surface area (Å²) in [5, 5.41) is 1.28. The van der Waals surface area contributed by atoms with Crippen LogP contribution in [-0.2, 0) is 0 Å². The fourth-order valence-corrected chi connectivity index (χ4v) is 5.14. The van der Waals surface area contributed by atoms with Crippen molar-refractivity contribution in [2.24, 2.45) is 0 Å². The van der Waals surface area contributed by atoms with E-state index in [1.165, 1.54) is 44.3 Å². The van der Waals surface area contributed by atoms with Gasteiger partial charge in [0.15, 0.2) is 0 Å². The molecule has 0 spiro atoms. The average molecular weight is 402 g/mol. The first-order valence-electron chi connectivity index (χ1n) is 10.3. The molecule has 5 rings (SSSR count). The molecule has 4 aromatic rings. The molecular formula is C29H23P. The third-order valence-electron chi connectivity index (χ3n) is 5.77. The number of benzene rings is 4. The molecule has 2 unspecified atom stereocenters. The van der Waals surface area contributed by atoms with Gasteiger partial charge in [-0.3, -0.25) is 0 Å². The van der Waals surface area contributed by atoms with Gasteiger partial charge in [-0.2, -0.15) is 0 Å². The van der Waals surface area contributed by atoms with E-state index in [-0.39, 0.29) is 5.92 Å². The lowest BCUT2D eigenvalue weighted by molar-refractivity contribution is 1.14. The zero-order valence-electron chi connectivity index (χ0n) is 16.7. The number of rotatable bonds is 4. The second-order valence-electron chi connectivity index (χ2n) is 7.56. The summed E-state index contributed by atoms with van der Waals surface area (Å²) in [5.74, 6) is 0.179. The van der Waals surface area contributed by atoms with Crippen molar-refractivity contribution >= 4 is 26.0 Å². The van der Waals surface area contributed by atoms with E-state index in [9.17, 15) is 0 Å². The van der Waals surface area contributed by atoms with Crippen LogP contribution in [0.4, 0.5) is 0 Å². The standard InChI is InChI=1S/C29H23P/c30-29-27(23-17-9-3-10-18-23)25(21-13-5-1-6-14-21)26(22-15-7-2-8-16-22)28(29)24-19-11-4-12-20-24/h1-20,25H,30H2. The highest BCUT2D eigenvalue weighted by Crippen LogP contribution is 2.57. The Balaban J connectivity index is 1.84. The van der Waals surface area contributed by atoms with Crippen LogP contribution in [0.1, 0.15) is 28.2 Å². The van der Waals surface area contributed by atoms with Crippen LogP contribution in [0.15, 0.2) is 127 Å². The van der Waals surface area contributed by atoms with Gasteiger partial charge < -0.3 is 0 Å². The normalized spacial score (nSPS) is 16.2. The molecule has 144 valence electrons. The second-order valence-corrected chi connectivity index (χ2v) is 8.14. The van der Waals surface area contributed by atoms with Crippen molar-refractivity contribution in [2.75, 3.05) is 0 Å². The molecule has 0 saturated carbocycles. The Bertz CT molecular complexity index is 1200. The Labute approximate surface area is 180 Å². The maximum absolute atomic E-state index is 3.07. The number of hydrogen-bond acceptors (Lipinski definition) is 0. The Hall–Kier alpha value is -3.21. The summed E-state index contributed by atoms with van der Waals surface area (Å²) in [7, 11) is 3.07. The molecule has 4 aromatic carbocycles. The topological polar surface area (TPSA) is 0 Å². The third-order valence-corrected chi connectivity index (χ3v) is 6.37. The molecule has 0 aliphatic heterocycles. The zero-order valence-corrected chi connectivity index (χ0v) is 17.9. The van der Waals surface area contributed by atoms with Crippen LogP contribution in [0, 0.1) is 0 Å². The smallest absolute Gasteiger partial charge is 0.0364 e. The SMILES string of the molecule is PC1=C(c2ccccc2)C(c2ccccc2)C(c2ccccc2)=C1c1ccccc1. The molecule has 0 saturated heterocycles.